The van der Waals surface area contributed by atoms with Crippen LogP contribution in [0.4, 0.5) is 0 Å². The first-order valence-corrected chi connectivity index (χ1v) is 27.6. The molecule has 0 aliphatic heterocycles. The number of aromatic amines is 1. The molecular formula is C53H82N12O11S. The van der Waals surface area contributed by atoms with Crippen molar-refractivity contribution in [1.82, 2.24) is 47.5 Å². The number of carboxylic acid groups (broad SMARTS) is 1. The minimum Gasteiger partial charge on any atom is -0.508 e. The molecule has 2 aromatic carbocycles. The molecule has 0 unspecified atom stereocenters. The number of rotatable bonds is 35. The van der Waals surface area contributed by atoms with Crippen LogP contribution in [0, 0.1) is 11.8 Å². The van der Waals surface area contributed by atoms with Crippen molar-refractivity contribution in [1.29, 1.82) is 0 Å². The van der Waals surface area contributed by atoms with Gasteiger partial charge in [-0.05, 0) is 112 Å². The van der Waals surface area contributed by atoms with Crippen LogP contribution in [0.15, 0.2) is 54.7 Å². The SMILES string of the molecule is CC[C@H](C)[C@@H](NC(=O)[C@H](NC(=O)[C@@H](CCSC)NC(=O)[C@H](N)CCCCN)C(C)C)C(=O)N[C@H](Cc1ccc(O)cc1)C(=O)N[C@H](Cc1c[nH]c2ccccc12)C(=O)N[C@H](CCCCN)C(=O)N[C@H](C)C(=O)NCC(=O)O. The smallest absolute Gasteiger partial charge is 0.322 e. The number of hydrogen-bond donors (Lipinski definition) is 14. The fraction of sp³-hybridized carbons (Fsp3) is 0.566. The molecule has 24 heteroatoms. The standard InChI is InChI=1S/C53H82N12O11S/c1-7-31(4)45(65-52(75)44(30(2)3)64-49(72)40(22-25-77-6)60-47(70)37(56)15-10-12-23-54)53(76)63-41(26-33-18-20-35(66)21-19-33)50(73)62-42(27-34-28-57-38-16-9-8-14-36(34)38)51(74)61-39(17-11-13-24-55)48(71)59-32(5)46(69)58-29-43(67)68/h8-9,14,16,18-21,28,30-32,37,39-42,44-45,57,66H,7,10-13,15,17,22-27,29,54-56H2,1-6H3,(H,58,69)(H,59,71)(H,60,70)(H,61,74)(H,62,73)(H,63,76)(H,64,72)(H,65,75)(H,67,68)/t31-,32+,37+,39+,40+,41+,42+,44+,45+/m0/s1. The number of carbonyl (C=O) groups is 9. The molecule has 77 heavy (non-hydrogen) atoms. The maximum absolute atomic E-state index is 14.8. The number of hydrogen-bond acceptors (Lipinski definition) is 14. The van der Waals surface area contributed by atoms with E-state index in [1.54, 1.807) is 45.2 Å². The highest BCUT2D eigenvalue weighted by Gasteiger charge is 2.37. The van der Waals surface area contributed by atoms with E-state index < -0.39 is 120 Å². The molecule has 23 nitrogen and oxygen atoms in total. The molecule has 0 aliphatic rings. The van der Waals surface area contributed by atoms with Crippen molar-refractivity contribution in [2.75, 3.05) is 31.6 Å². The second-order valence-corrected chi connectivity index (χ2v) is 20.6. The van der Waals surface area contributed by atoms with Crippen LogP contribution in [0.2, 0.25) is 0 Å². The largest absolute Gasteiger partial charge is 0.508 e. The zero-order valence-electron chi connectivity index (χ0n) is 45.1. The van der Waals surface area contributed by atoms with E-state index in [-0.39, 0.29) is 38.0 Å². The summed E-state index contributed by atoms with van der Waals surface area (Å²) in [5, 5.41) is 41.3. The summed E-state index contributed by atoms with van der Waals surface area (Å²) in [4.78, 5) is 126. The van der Waals surface area contributed by atoms with Gasteiger partial charge in [0, 0.05) is 29.9 Å². The van der Waals surface area contributed by atoms with E-state index in [9.17, 15) is 48.3 Å². The monoisotopic (exact) mass is 1090 g/mol. The number of aromatic hydroxyl groups is 1. The first-order valence-electron chi connectivity index (χ1n) is 26.2. The van der Waals surface area contributed by atoms with Crippen molar-refractivity contribution >= 4 is 75.9 Å². The van der Waals surface area contributed by atoms with E-state index in [4.69, 9.17) is 22.3 Å². The van der Waals surface area contributed by atoms with Gasteiger partial charge in [0.2, 0.25) is 47.3 Å². The van der Waals surface area contributed by atoms with Gasteiger partial charge in [-0.2, -0.15) is 11.8 Å². The van der Waals surface area contributed by atoms with Crippen LogP contribution in [0.1, 0.15) is 97.1 Å². The second-order valence-electron chi connectivity index (χ2n) is 19.6. The van der Waals surface area contributed by atoms with Crippen LogP contribution >= 0.6 is 11.8 Å². The molecule has 0 fully saturated rings. The maximum Gasteiger partial charge on any atom is 0.322 e. The minimum absolute atomic E-state index is 0.0548. The Hall–Kier alpha value is -6.76. The molecule has 0 bridgehead atoms. The number of thioether (sulfide) groups is 1. The number of nitrogens with two attached hydrogens (primary N) is 3. The number of nitrogens with one attached hydrogen (secondary N) is 9. The number of benzene rings is 2. The summed E-state index contributed by atoms with van der Waals surface area (Å²) in [5.41, 5.74) is 19.4. The average Bonchev–Trinajstić information content (AvgIpc) is 3.81. The fourth-order valence-electron chi connectivity index (χ4n) is 8.23. The lowest BCUT2D eigenvalue weighted by molar-refractivity contribution is -0.138. The summed E-state index contributed by atoms with van der Waals surface area (Å²) in [6.07, 6.45) is 6.53. The summed E-state index contributed by atoms with van der Waals surface area (Å²) in [6, 6.07) is 3.65. The van der Waals surface area contributed by atoms with Gasteiger partial charge in [0.05, 0.1) is 6.04 Å². The number of fused-ring (bicyclic) bond motifs is 1. The number of aromatic nitrogens is 1. The quantitative estimate of drug-likeness (QED) is 0.0353. The van der Waals surface area contributed by atoms with E-state index in [2.05, 4.69) is 47.5 Å². The van der Waals surface area contributed by atoms with Gasteiger partial charge in [-0.3, -0.25) is 43.2 Å². The number of unbranched alkanes of at least 4 members (excludes halogenated alkanes) is 2. The molecule has 0 saturated heterocycles. The van der Waals surface area contributed by atoms with Crippen molar-refractivity contribution in [3.05, 3.63) is 65.9 Å². The van der Waals surface area contributed by atoms with Crippen LogP contribution in [-0.2, 0) is 56.0 Å². The molecule has 3 rings (SSSR count). The molecule has 0 radical (unpaired) electrons. The molecule has 9 atom stereocenters. The molecule has 0 spiro atoms. The van der Waals surface area contributed by atoms with Crippen molar-refractivity contribution in [2.45, 2.75) is 147 Å². The highest BCUT2D eigenvalue weighted by molar-refractivity contribution is 7.98. The Morgan fingerprint density at radius 2 is 1.14 bits per heavy atom. The molecule has 1 aromatic heterocycles. The predicted molar refractivity (Wildman–Crippen MR) is 295 cm³/mol. The van der Waals surface area contributed by atoms with Crippen LogP contribution in [0.3, 0.4) is 0 Å². The lowest BCUT2D eigenvalue weighted by Crippen LogP contribution is -2.62. The lowest BCUT2D eigenvalue weighted by Gasteiger charge is -2.31. The molecule has 8 amide bonds. The minimum atomic E-state index is -1.41. The zero-order chi connectivity index (χ0) is 57.2. The number of carbonyl (C=O) groups excluding carboxylic acids is 8. The Labute approximate surface area is 454 Å². The third kappa shape index (κ3) is 21.7. The summed E-state index contributed by atoms with van der Waals surface area (Å²) in [7, 11) is 0. The van der Waals surface area contributed by atoms with Gasteiger partial charge in [-0.15, -0.1) is 0 Å². The van der Waals surface area contributed by atoms with E-state index in [0.29, 0.717) is 61.9 Å². The Morgan fingerprint density at radius 1 is 0.610 bits per heavy atom. The van der Waals surface area contributed by atoms with Crippen LogP contribution < -0.4 is 59.7 Å². The van der Waals surface area contributed by atoms with Gasteiger partial charge in [-0.1, -0.05) is 70.9 Å². The summed E-state index contributed by atoms with van der Waals surface area (Å²) < 4.78 is 0. The number of carboxylic acids is 1. The molecule has 426 valence electrons. The van der Waals surface area contributed by atoms with Gasteiger partial charge < -0.3 is 74.9 Å². The lowest BCUT2D eigenvalue weighted by atomic mass is 9.95. The Kier molecular flexibility index (Phi) is 28.0. The van der Waals surface area contributed by atoms with E-state index in [1.165, 1.54) is 30.8 Å². The van der Waals surface area contributed by atoms with E-state index >= 15 is 0 Å². The zero-order valence-corrected chi connectivity index (χ0v) is 45.9. The fourth-order valence-corrected chi connectivity index (χ4v) is 8.70. The number of amides is 8. The van der Waals surface area contributed by atoms with Crippen molar-refractivity contribution < 1.29 is 53.4 Å². The van der Waals surface area contributed by atoms with E-state index in [0.717, 1.165) is 10.9 Å². The first-order chi connectivity index (χ1) is 36.6. The maximum atomic E-state index is 14.8. The summed E-state index contributed by atoms with van der Waals surface area (Å²) >= 11 is 1.47. The Bertz CT molecular complexity index is 2420. The molecule has 0 aliphatic carbocycles. The average molecular weight is 1100 g/mol. The van der Waals surface area contributed by atoms with Gasteiger partial charge in [0.15, 0.2) is 0 Å². The van der Waals surface area contributed by atoms with Crippen LogP contribution in [0.5, 0.6) is 5.75 Å². The van der Waals surface area contributed by atoms with Crippen LogP contribution in [-0.4, -0.2) is 148 Å². The number of H-pyrrole nitrogens is 1. The van der Waals surface area contributed by atoms with Gasteiger partial charge in [0.1, 0.15) is 54.6 Å². The van der Waals surface area contributed by atoms with Crippen molar-refractivity contribution in [2.24, 2.45) is 29.0 Å². The van der Waals surface area contributed by atoms with E-state index in [1.807, 2.05) is 31.4 Å². The van der Waals surface area contributed by atoms with Crippen molar-refractivity contribution in [3.8, 4) is 5.75 Å². The number of phenols is 1. The van der Waals surface area contributed by atoms with Crippen molar-refractivity contribution in [3.63, 3.8) is 0 Å². The normalized spacial score (nSPS) is 14.8. The Balaban J connectivity index is 1.99. The Morgan fingerprint density at radius 3 is 1.75 bits per heavy atom. The highest BCUT2D eigenvalue weighted by atomic mass is 32.2. The van der Waals surface area contributed by atoms with Gasteiger partial charge >= 0.3 is 5.97 Å². The molecule has 3 aromatic rings. The summed E-state index contributed by atoms with van der Waals surface area (Å²) in [5.74, 6) is -7.58. The molecule has 1 heterocycles. The van der Waals surface area contributed by atoms with Gasteiger partial charge in [-0.25, -0.2) is 0 Å². The number of para-hydroxylation sites is 1. The third-order valence-corrected chi connectivity index (χ3v) is 13.7. The highest BCUT2D eigenvalue weighted by Crippen LogP contribution is 2.21. The molecule has 17 N–H and O–H groups in total. The van der Waals surface area contributed by atoms with Gasteiger partial charge in [0.25, 0.3) is 0 Å². The number of aliphatic carboxylic acids is 1. The first kappa shape index (κ1) is 64.5. The predicted octanol–water partition coefficient (Wildman–Crippen LogP) is 0.313. The molecular weight excluding hydrogens is 1010 g/mol. The third-order valence-electron chi connectivity index (χ3n) is 13.1. The van der Waals surface area contributed by atoms with Crippen LogP contribution in [0.25, 0.3) is 10.9 Å². The summed E-state index contributed by atoms with van der Waals surface area (Å²) in [6.45, 7) is 8.38. The topological polar surface area (TPSA) is 384 Å². The number of phenolic OH excluding ortho intramolecular Hbond substituents is 1. The molecule has 0 saturated carbocycles. The second kappa shape index (κ2) is 33.4.